The van der Waals surface area contributed by atoms with E-state index in [-0.39, 0.29) is 0 Å². The molecule has 0 atom stereocenters. The van der Waals surface area contributed by atoms with Crippen LogP contribution in [0.25, 0.3) is 5.57 Å². The summed E-state index contributed by atoms with van der Waals surface area (Å²) in [6, 6.07) is 8.79. The molecule has 0 heterocycles. The Kier molecular flexibility index (Phi) is 8.75. The van der Waals surface area contributed by atoms with Crippen LogP contribution in [0.1, 0.15) is 51.2 Å². The van der Waals surface area contributed by atoms with E-state index in [9.17, 15) is 0 Å². The van der Waals surface area contributed by atoms with Crippen LogP contribution >= 0.6 is 0 Å². The summed E-state index contributed by atoms with van der Waals surface area (Å²) in [4.78, 5) is 0. The summed E-state index contributed by atoms with van der Waals surface area (Å²) in [5, 5.41) is 0. The first-order valence-corrected chi connectivity index (χ1v) is 8.46. The molecule has 0 radical (unpaired) electrons. The monoisotopic (exact) mass is 306 g/mol. The molecule has 1 aromatic carbocycles. The zero-order chi connectivity index (χ0) is 17.1. The summed E-state index contributed by atoms with van der Waals surface area (Å²) in [6.45, 7) is 14.2. The van der Waals surface area contributed by atoms with E-state index in [1.165, 1.54) is 22.3 Å². The van der Waals surface area contributed by atoms with Crippen LogP contribution in [0.15, 0.2) is 78.9 Å². The maximum atomic E-state index is 3.86. The van der Waals surface area contributed by atoms with Crippen molar-refractivity contribution in [3.05, 3.63) is 90.1 Å². The van der Waals surface area contributed by atoms with Crippen molar-refractivity contribution in [1.29, 1.82) is 0 Å². The fourth-order valence-electron chi connectivity index (χ4n) is 2.49. The first-order chi connectivity index (χ1) is 11.1. The average molecular weight is 306 g/mol. The Balaban J connectivity index is 2.72. The maximum Gasteiger partial charge on any atom is -0.0136 e. The predicted molar refractivity (Wildman–Crippen MR) is 106 cm³/mol. The van der Waals surface area contributed by atoms with Gasteiger partial charge < -0.3 is 0 Å². The molecule has 0 spiro atoms. The summed E-state index contributed by atoms with van der Waals surface area (Å²) in [6.07, 6.45) is 14.8. The van der Waals surface area contributed by atoms with Gasteiger partial charge in [-0.3, -0.25) is 0 Å². The average Bonchev–Trinajstić information content (AvgIpc) is 2.55. The van der Waals surface area contributed by atoms with E-state index < -0.39 is 0 Å². The minimum Gasteiger partial charge on any atom is -0.0990 e. The van der Waals surface area contributed by atoms with E-state index in [0.29, 0.717) is 0 Å². The quantitative estimate of drug-likeness (QED) is 0.338. The van der Waals surface area contributed by atoms with Gasteiger partial charge in [0.25, 0.3) is 0 Å². The van der Waals surface area contributed by atoms with E-state index in [1.807, 2.05) is 12.2 Å². The van der Waals surface area contributed by atoms with E-state index in [1.54, 1.807) is 6.08 Å². The van der Waals surface area contributed by atoms with Crippen LogP contribution in [0, 0.1) is 0 Å². The summed E-state index contributed by atoms with van der Waals surface area (Å²) in [7, 11) is 0. The molecule has 0 N–H and O–H groups in total. The van der Waals surface area contributed by atoms with Gasteiger partial charge in [-0.25, -0.2) is 0 Å². The number of hydrogen-bond donors (Lipinski definition) is 0. The highest BCUT2D eigenvalue weighted by molar-refractivity contribution is 5.74. The van der Waals surface area contributed by atoms with Crippen molar-refractivity contribution in [1.82, 2.24) is 0 Å². The van der Waals surface area contributed by atoms with Crippen LogP contribution in [0.2, 0.25) is 0 Å². The molecule has 0 fully saturated rings. The first kappa shape index (κ1) is 19.0. The van der Waals surface area contributed by atoms with Crippen LogP contribution in [0.5, 0.6) is 0 Å². The van der Waals surface area contributed by atoms with Gasteiger partial charge in [0.2, 0.25) is 0 Å². The first-order valence-electron chi connectivity index (χ1n) is 8.46. The Labute approximate surface area is 142 Å². The molecular weight excluding hydrogens is 276 g/mol. The molecule has 0 unspecified atom stereocenters. The molecule has 0 saturated carbocycles. The van der Waals surface area contributed by atoms with Crippen molar-refractivity contribution in [3.8, 4) is 0 Å². The molecule has 0 bridgehead atoms. The highest BCUT2D eigenvalue weighted by atomic mass is 14.1. The van der Waals surface area contributed by atoms with Gasteiger partial charge in [-0.05, 0) is 56.2 Å². The second-order valence-electron chi connectivity index (χ2n) is 6.01. The van der Waals surface area contributed by atoms with Gasteiger partial charge >= 0.3 is 0 Å². The van der Waals surface area contributed by atoms with Crippen LogP contribution in [-0.2, 0) is 6.42 Å². The normalized spacial score (nSPS) is 12.0. The highest BCUT2D eigenvalue weighted by Crippen LogP contribution is 2.19. The molecule has 0 heteroatoms. The van der Waals surface area contributed by atoms with Crippen molar-refractivity contribution in [2.24, 2.45) is 0 Å². The number of hydrogen-bond acceptors (Lipinski definition) is 0. The smallest absolute Gasteiger partial charge is 0.0136 e. The van der Waals surface area contributed by atoms with Crippen molar-refractivity contribution >= 4 is 5.57 Å². The third-order valence-corrected chi connectivity index (χ3v) is 3.80. The predicted octanol–water partition coefficient (Wildman–Crippen LogP) is 7.07. The number of aryl methyl sites for hydroxylation is 1. The summed E-state index contributed by atoms with van der Waals surface area (Å²) >= 11 is 0. The number of benzene rings is 1. The van der Waals surface area contributed by atoms with Gasteiger partial charge in [0.1, 0.15) is 0 Å². The Morgan fingerprint density at radius 3 is 2.26 bits per heavy atom. The van der Waals surface area contributed by atoms with E-state index in [4.69, 9.17) is 0 Å². The lowest BCUT2D eigenvalue weighted by Crippen LogP contribution is -1.91. The fraction of sp³-hybridized carbons (Fsp3) is 0.304. The van der Waals surface area contributed by atoms with Gasteiger partial charge in [0, 0.05) is 0 Å². The molecule has 0 amide bonds. The Morgan fingerprint density at radius 2 is 1.74 bits per heavy atom. The largest absolute Gasteiger partial charge is 0.0990 e. The van der Waals surface area contributed by atoms with Crippen LogP contribution in [-0.4, -0.2) is 0 Å². The van der Waals surface area contributed by atoms with Crippen molar-refractivity contribution in [3.63, 3.8) is 0 Å². The highest BCUT2D eigenvalue weighted by Gasteiger charge is 2.00. The standard InChI is InChI=1S/C23H30/c1-6-9-20(12-11-19(4)5)13-14-21-15-17-23(18-16-21)22(8-3)10-7-2/h7-11,15-18H,2-3,6,12-14H2,1,4-5H3/b20-9+,22-10+. The minimum atomic E-state index is 1.08. The molecule has 0 aliphatic heterocycles. The lowest BCUT2D eigenvalue weighted by molar-refractivity contribution is 0.895. The maximum absolute atomic E-state index is 3.86. The molecule has 0 aliphatic rings. The van der Waals surface area contributed by atoms with Gasteiger partial charge in [-0.1, -0.05) is 85.9 Å². The zero-order valence-corrected chi connectivity index (χ0v) is 14.9. The van der Waals surface area contributed by atoms with Gasteiger partial charge in [0.15, 0.2) is 0 Å². The van der Waals surface area contributed by atoms with Gasteiger partial charge in [-0.15, -0.1) is 0 Å². The van der Waals surface area contributed by atoms with Crippen molar-refractivity contribution in [2.45, 2.75) is 46.5 Å². The third kappa shape index (κ3) is 7.15. The molecular formula is C23H30. The molecule has 23 heavy (non-hydrogen) atoms. The van der Waals surface area contributed by atoms with E-state index >= 15 is 0 Å². The lowest BCUT2D eigenvalue weighted by Gasteiger charge is -2.08. The molecule has 0 aromatic heterocycles. The third-order valence-electron chi connectivity index (χ3n) is 3.80. The van der Waals surface area contributed by atoms with Crippen LogP contribution in [0.3, 0.4) is 0 Å². The molecule has 122 valence electrons. The van der Waals surface area contributed by atoms with Crippen LogP contribution < -0.4 is 0 Å². The number of rotatable bonds is 9. The second-order valence-corrected chi connectivity index (χ2v) is 6.01. The van der Waals surface area contributed by atoms with E-state index in [2.05, 4.69) is 70.3 Å². The lowest BCUT2D eigenvalue weighted by atomic mass is 9.98. The topological polar surface area (TPSA) is 0 Å². The second kappa shape index (κ2) is 10.6. The van der Waals surface area contributed by atoms with Crippen molar-refractivity contribution in [2.75, 3.05) is 0 Å². The fourth-order valence-corrected chi connectivity index (χ4v) is 2.49. The SMILES string of the molecule is C=C/C=C(\C=C)c1ccc(CC/C(=C/CC)CC=C(C)C)cc1. The Hall–Kier alpha value is -2.08. The summed E-state index contributed by atoms with van der Waals surface area (Å²) in [5.41, 5.74) is 6.62. The van der Waals surface area contributed by atoms with E-state index in [0.717, 1.165) is 31.3 Å². The van der Waals surface area contributed by atoms with Gasteiger partial charge in [0.05, 0.1) is 0 Å². The summed E-state index contributed by atoms with van der Waals surface area (Å²) in [5.74, 6) is 0. The zero-order valence-electron chi connectivity index (χ0n) is 14.9. The molecule has 0 nitrogen and oxygen atoms in total. The Morgan fingerprint density at radius 1 is 1.04 bits per heavy atom. The molecule has 1 rings (SSSR count). The Bertz CT molecular complexity index is 587. The molecule has 0 saturated heterocycles. The van der Waals surface area contributed by atoms with Gasteiger partial charge in [-0.2, -0.15) is 0 Å². The molecule has 1 aromatic rings. The summed E-state index contributed by atoms with van der Waals surface area (Å²) < 4.78 is 0. The van der Waals surface area contributed by atoms with Crippen LogP contribution in [0.4, 0.5) is 0 Å². The minimum absolute atomic E-state index is 1.08. The van der Waals surface area contributed by atoms with Crippen molar-refractivity contribution < 1.29 is 0 Å². The molecule has 0 aliphatic carbocycles. The number of allylic oxidation sites excluding steroid dienone is 8.